The maximum absolute atomic E-state index is 13.1. The standard InChI is InChI=1S/C15H15ClFNO/c1-11-9-14(5-6-15(11)17)19-8-7-18-13-4-2-3-12(16)10-13/h2-6,9-10,18H,7-8H2,1H3. The van der Waals surface area contributed by atoms with Gasteiger partial charge in [0.05, 0.1) is 0 Å². The molecule has 0 radical (unpaired) electrons. The molecule has 1 N–H and O–H groups in total. The summed E-state index contributed by atoms with van der Waals surface area (Å²) in [6.07, 6.45) is 0. The number of rotatable bonds is 5. The number of aryl methyl sites for hydroxylation is 1. The van der Waals surface area contributed by atoms with Crippen molar-refractivity contribution in [3.8, 4) is 5.75 Å². The second-order valence-corrected chi connectivity index (χ2v) is 4.63. The van der Waals surface area contributed by atoms with E-state index in [4.69, 9.17) is 16.3 Å². The summed E-state index contributed by atoms with van der Waals surface area (Å²) in [6, 6.07) is 12.2. The lowest BCUT2D eigenvalue weighted by molar-refractivity contribution is 0.332. The molecule has 0 unspecified atom stereocenters. The van der Waals surface area contributed by atoms with E-state index in [1.54, 1.807) is 19.1 Å². The third-order valence-electron chi connectivity index (χ3n) is 2.65. The first-order chi connectivity index (χ1) is 9.15. The molecule has 2 rings (SSSR count). The summed E-state index contributed by atoms with van der Waals surface area (Å²) >= 11 is 5.88. The minimum absolute atomic E-state index is 0.218. The molecule has 100 valence electrons. The topological polar surface area (TPSA) is 21.3 Å². The lowest BCUT2D eigenvalue weighted by atomic mass is 10.2. The lowest BCUT2D eigenvalue weighted by Crippen LogP contribution is -2.11. The highest BCUT2D eigenvalue weighted by Crippen LogP contribution is 2.16. The smallest absolute Gasteiger partial charge is 0.126 e. The maximum Gasteiger partial charge on any atom is 0.126 e. The van der Waals surface area contributed by atoms with Crippen LogP contribution in [-0.4, -0.2) is 13.2 Å². The van der Waals surface area contributed by atoms with Gasteiger partial charge in [0.2, 0.25) is 0 Å². The van der Waals surface area contributed by atoms with Crippen LogP contribution in [0.5, 0.6) is 5.75 Å². The average Bonchev–Trinajstić information content (AvgIpc) is 2.39. The van der Waals surface area contributed by atoms with Crippen LogP contribution < -0.4 is 10.1 Å². The number of anilines is 1. The Morgan fingerprint density at radius 3 is 2.79 bits per heavy atom. The first-order valence-electron chi connectivity index (χ1n) is 6.03. The highest BCUT2D eigenvalue weighted by Gasteiger charge is 1.99. The Bertz CT molecular complexity index is 560. The van der Waals surface area contributed by atoms with Crippen LogP contribution in [0.2, 0.25) is 5.02 Å². The summed E-state index contributed by atoms with van der Waals surface area (Å²) in [5.74, 6) is 0.455. The molecule has 0 fully saturated rings. The SMILES string of the molecule is Cc1cc(OCCNc2cccc(Cl)c2)ccc1F. The molecule has 0 saturated heterocycles. The molecule has 0 amide bonds. The molecular formula is C15H15ClFNO. The van der Waals surface area contributed by atoms with Crippen LogP contribution >= 0.6 is 11.6 Å². The molecule has 0 aliphatic heterocycles. The molecule has 0 aliphatic carbocycles. The Morgan fingerprint density at radius 1 is 1.21 bits per heavy atom. The van der Waals surface area contributed by atoms with E-state index in [1.807, 2.05) is 24.3 Å². The molecule has 0 spiro atoms. The van der Waals surface area contributed by atoms with E-state index >= 15 is 0 Å². The summed E-state index contributed by atoms with van der Waals surface area (Å²) in [6.45, 7) is 2.86. The molecular weight excluding hydrogens is 265 g/mol. The third-order valence-corrected chi connectivity index (χ3v) is 2.89. The van der Waals surface area contributed by atoms with Crippen LogP contribution in [0.1, 0.15) is 5.56 Å². The van der Waals surface area contributed by atoms with Gasteiger partial charge in [0.1, 0.15) is 18.2 Å². The van der Waals surface area contributed by atoms with Crippen molar-refractivity contribution in [1.82, 2.24) is 0 Å². The van der Waals surface area contributed by atoms with E-state index in [2.05, 4.69) is 5.32 Å². The zero-order valence-corrected chi connectivity index (χ0v) is 11.4. The monoisotopic (exact) mass is 279 g/mol. The molecule has 0 bridgehead atoms. The number of benzene rings is 2. The van der Waals surface area contributed by atoms with Gasteiger partial charge in [0.25, 0.3) is 0 Å². The van der Waals surface area contributed by atoms with E-state index in [0.29, 0.717) is 29.5 Å². The van der Waals surface area contributed by atoms with Crippen LogP contribution in [0.3, 0.4) is 0 Å². The molecule has 2 nitrogen and oxygen atoms in total. The lowest BCUT2D eigenvalue weighted by Gasteiger charge is -2.09. The fourth-order valence-corrected chi connectivity index (χ4v) is 1.86. The zero-order chi connectivity index (χ0) is 13.7. The molecule has 0 aromatic heterocycles. The third kappa shape index (κ3) is 4.14. The van der Waals surface area contributed by atoms with Crippen LogP contribution in [0.15, 0.2) is 42.5 Å². The van der Waals surface area contributed by atoms with Crippen LogP contribution in [0, 0.1) is 12.7 Å². The van der Waals surface area contributed by atoms with Crippen LogP contribution in [0.4, 0.5) is 10.1 Å². The van der Waals surface area contributed by atoms with Gasteiger partial charge in [-0.15, -0.1) is 0 Å². The molecule has 0 aliphatic rings. The minimum Gasteiger partial charge on any atom is -0.492 e. The molecule has 2 aromatic carbocycles. The quantitative estimate of drug-likeness (QED) is 0.825. The number of hydrogen-bond acceptors (Lipinski definition) is 2. The summed E-state index contributed by atoms with van der Waals surface area (Å²) in [5.41, 5.74) is 1.53. The van der Waals surface area contributed by atoms with Gasteiger partial charge in [-0.3, -0.25) is 0 Å². The molecule has 2 aromatic rings. The van der Waals surface area contributed by atoms with Crippen LogP contribution in [-0.2, 0) is 0 Å². The second kappa shape index (κ2) is 6.43. The molecule has 4 heteroatoms. The van der Waals surface area contributed by atoms with Gasteiger partial charge < -0.3 is 10.1 Å². The largest absolute Gasteiger partial charge is 0.492 e. The molecule has 0 heterocycles. The molecule has 19 heavy (non-hydrogen) atoms. The van der Waals surface area contributed by atoms with Gasteiger partial charge >= 0.3 is 0 Å². The van der Waals surface area contributed by atoms with Gasteiger partial charge in [0, 0.05) is 17.3 Å². The van der Waals surface area contributed by atoms with Crippen molar-refractivity contribution in [2.75, 3.05) is 18.5 Å². The number of halogens is 2. The maximum atomic E-state index is 13.1. The average molecular weight is 280 g/mol. The highest BCUT2D eigenvalue weighted by atomic mass is 35.5. The van der Waals surface area contributed by atoms with Crippen molar-refractivity contribution < 1.29 is 9.13 Å². The van der Waals surface area contributed by atoms with E-state index in [0.717, 1.165) is 5.69 Å². The first kappa shape index (κ1) is 13.7. The fraction of sp³-hybridized carbons (Fsp3) is 0.200. The second-order valence-electron chi connectivity index (χ2n) is 4.20. The first-order valence-corrected chi connectivity index (χ1v) is 6.41. The van der Waals surface area contributed by atoms with Gasteiger partial charge in [-0.05, 0) is 48.9 Å². The van der Waals surface area contributed by atoms with Crippen molar-refractivity contribution >= 4 is 17.3 Å². The summed E-state index contributed by atoms with van der Waals surface area (Å²) < 4.78 is 18.6. The van der Waals surface area contributed by atoms with E-state index in [1.165, 1.54) is 6.07 Å². The summed E-state index contributed by atoms with van der Waals surface area (Å²) in [5, 5.41) is 3.89. The Hall–Kier alpha value is -1.74. The van der Waals surface area contributed by atoms with Crippen molar-refractivity contribution in [3.63, 3.8) is 0 Å². The van der Waals surface area contributed by atoms with Gasteiger partial charge in [-0.2, -0.15) is 0 Å². The van der Waals surface area contributed by atoms with E-state index < -0.39 is 0 Å². The highest BCUT2D eigenvalue weighted by molar-refractivity contribution is 6.30. The minimum atomic E-state index is -0.218. The van der Waals surface area contributed by atoms with Crippen molar-refractivity contribution in [3.05, 3.63) is 58.9 Å². The molecule has 0 atom stereocenters. The normalized spacial score (nSPS) is 10.3. The van der Waals surface area contributed by atoms with Gasteiger partial charge in [-0.25, -0.2) is 4.39 Å². The predicted octanol–water partition coefficient (Wildman–Crippen LogP) is 4.28. The number of nitrogens with one attached hydrogen (secondary N) is 1. The van der Waals surface area contributed by atoms with Gasteiger partial charge in [0.15, 0.2) is 0 Å². The van der Waals surface area contributed by atoms with E-state index in [-0.39, 0.29) is 5.82 Å². The Kier molecular flexibility index (Phi) is 4.63. The predicted molar refractivity (Wildman–Crippen MR) is 76.6 cm³/mol. The number of ether oxygens (including phenoxy) is 1. The van der Waals surface area contributed by atoms with Crippen molar-refractivity contribution in [1.29, 1.82) is 0 Å². The molecule has 0 saturated carbocycles. The zero-order valence-electron chi connectivity index (χ0n) is 10.6. The fourth-order valence-electron chi connectivity index (χ4n) is 1.67. The van der Waals surface area contributed by atoms with Crippen molar-refractivity contribution in [2.24, 2.45) is 0 Å². The summed E-state index contributed by atoms with van der Waals surface area (Å²) in [4.78, 5) is 0. The summed E-state index contributed by atoms with van der Waals surface area (Å²) in [7, 11) is 0. The van der Waals surface area contributed by atoms with Crippen molar-refractivity contribution in [2.45, 2.75) is 6.92 Å². The number of hydrogen-bond donors (Lipinski definition) is 1. The van der Waals surface area contributed by atoms with Crippen LogP contribution in [0.25, 0.3) is 0 Å². The Morgan fingerprint density at radius 2 is 2.05 bits per heavy atom. The Labute approximate surface area is 117 Å². The van der Waals surface area contributed by atoms with Gasteiger partial charge in [-0.1, -0.05) is 17.7 Å². The van der Waals surface area contributed by atoms with E-state index in [9.17, 15) is 4.39 Å². The Balaban J connectivity index is 1.79.